The van der Waals surface area contributed by atoms with Crippen molar-refractivity contribution in [1.82, 2.24) is 0 Å². The van der Waals surface area contributed by atoms with Crippen LogP contribution in [0.2, 0.25) is 0 Å². The van der Waals surface area contributed by atoms with Crippen LogP contribution in [-0.4, -0.2) is 22.8 Å². The highest BCUT2D eigenvalue weighted by atomic mass is 17.1. The van der Waals surface area contributed by atoms with E-state index < -0.39 is 0 Å². The smallest absolute Gasteiger partial charge is 0.314 e. The van der Waals surface area contributed by atoms with Crippen molar-refractivity contribution in [3.8, 4) is 17.2 Å². The summed E-state index contributed by atoms with van der Waals surface area (Å²) in [6.45, 7) is 7.05. The number of carbonyl (C=O) groups is 1. The molecule has 0 unspecified atom stereocenters. The van der Waals surface area contributed by atoms with Gasteiger partial charge in [0.15, 0.2) is 6.61 Å². The lowest BCUT2D eigenvalue weighted by molar-refractivity contribution is -0.230. The second-order valence-corrected chi connectivity index (χ2v) is 4.84. The number of fused-ring (bicyclic) bond motifs is 1. The molecule has 0 saturated carbocycles. The minimum absolute atomic E-state index is 0.119. The zero-order chi connectivity index (χ0) is 15.6. The van der Waals surface area contributed by atoms with Gasteiger partial charge >= 0.3 is 5.95 Å². The van der Waals surface area contributed by atoms with Gasteiger partial charge in [-0.2, -0.15) is 5.26 Å². The lowest BCUT2D eigenvalue weighted by Crippen LogP contribution is -2.02. The minimum Gasteiger partial charge on any atom is -0.507 e. The molecule has 1 aliphatic heterocycles. The molecular formula is C15H16O6. The third kappa shape index (κ3) is 3.00. The Morgan fingerprint density at radius 3 is 2.86 bits per heavy atom. The Morgan fingerprint density at radius 2 is 2.24 bits per heavy atom. The SMILES string of the molecule is C=C(OO)Oc1cc2c(c(O)c1CC=C(C)C)C(=O)CO2. The monoisotopic (exact) mass is 292 g/mol. The molecule has 0 spiro atoms. The van der Waals surface area contributed by atoms with E-state index in [9.17, 15) is 9.90 Å². The molecule has 0 aromatic heterocycles. The highest BCUT2D eigenvalue weighted by Gasteiger charge is 2.29. The van der Waals surface area contributed by atoms with Gasteiger partial charge in [0.1, 0.15) is 22.8 Å². The van der Waals surface area contributed by atoms with Gasteiger partial charge in [-0.3, -0.25) is 4.79 Å². The first kappa shape index (κ1) is 14.9. The summed E-state index contributed by atoms with van der Waals surface area (Å²) in [5, 5.41) is 18.8. The first-order chi connectivity index (χ1) is 9.93. The molecule has 0 amide bonds. The van der Waals surface area contributed by atoms with E-state index in [4.69, 9.17) is 14.7 Å². The number of aromatic hydroxyl groups is 1. The number of rotatable bonds is 5. The van der Waals surface area contributed by atoms with E-state index in [0.29, 0.717) is 12.0 Å². The molecule has 2 rings (SSSR count). The largest absolute Gasteiger partial charge is 0.507 e. The van der Waals surface area contributed by atoms with Crippen molar-refractivity contribution in [2.75, 3.05) is 6.61 Å². The molecule has 6 heteroatoms. The number of ether oxygens (including phenoxy) is 2. The third-order valence-corrected chi connectivity index (χ3v) is 3.01. The highest BCUT2D eigenvalue weighted by molar-refractivity contribution is 6.05. The van der Waals surface area contributed by atoms with Gasteiger partial charge in [0.2, 0.25) is 5.78 Å². The summed E-state index contributed by atoms with van der Waals surface area (Å²) < 4.78 is 10.4. The lowest BCUT2D eigenvalue weighted by atomic mass is 10.0. The zero-order valence-electron chi connectivity index (χ0n) is 11.8. The van der Waals surface area contributed by atoms with E-state index >= 15 is 0 Å². The first-order valence-corrected chi connectivity index (χ1v) is 6.30. The van der Waals surface area contributed by atoms with Gasteiger partial charge in [0.05, 0.1) is 0 Å². The molecule has 2 N–H and O–H groups in total. The fourth-order valence-corrected chi connectivity index (χ4v) is 2.00. The van der Waals surface area contributed by atoms with Crippen LogP contribution in [0.15, 0.2) is 30.2 Å². The normalized spacial score (nSPS) is 12.4. The van der Waals surface area contributed by atoms with E-state index in [2.05, 4.69) is 11.5 Å². The van der Waals surface area contributed by atoms with Crippen molar-refractivity contribution < 1.29 is 29.5 Å². The van der Waals surface area contributed by atoms with Gasteiger partial charge < -0.3 is 19.5 Å². The number of carbonyl (C=O) groups excluding carboxylic acids is 1. The van der Waals surface area contributed by atoms with Gasteiger partial charge in [0, 0.05) is 11.6 Å². The standard InChI is InChI=1S/C15H16O6/c1-8(2)4-5-10-12(20-9(3)21-18)6-13-14(15(10)17)11(16)7-19-13/h4,6,17-18H,3,5,7H2,1-2H3. The van der Waals surface area contributed by atoms with Crippen LogP contribution >= 0.6 is 0 Å². The number of phenolic OH excluding ortho intramolecular Hbond substituents is 1. The maximum Gasteiger partial charge on any atom is 0.314 e. The summed E-state index contributed by atoms with van der Waals surface area (Å²) in [7, 11) is 0. The van der Waals surface area contributed by atoms with Crippen LogP contribution in [0.5, 0.6) is 17.2 Å². The van der Waals surface area contributed by atoms with Crippen molar-refractivity contribution in [3.05, 3.63) is 41.4 Å². The van der Waals surface area contributed by atoms with Crippen molar-refractivity contribution in [3.63, 3.8) is 0 Å². The molecule has 0 aliphatic carbocycles. The summed E-state index contributed by atoms with van der Waals surface area (Å²) in [5.74, 6) is -0.383. The second kappa shape index (κ2) is 5.88. The number of hydrogen-bond acceptors (Lipinski definition) is 6. The number of Topliss-reactive ketones (excluding diaryl/α,β-unsaturated/α-hetero) is 1. The molecule has 1 heterocycles. The molecular weight excluding hydrogens is 276 g/mol. The van der Waals surface area contributed by atoms with Gasteiger partial charge in [-0.05, 0) is 26.8 Å². The summed E-state index contributed by atoms with van der Waals surface area (Å²) in [4.78, 5) is 15.6. The van der Waals surface area contributed by atoms with E-state index in [1.807, 2.05) is 19.9 Å². The number of benzene rings is 1. The van der Waals surface area contributed by atoms with Crippen LogP contribution in [-0.2, 0) is 11.3 Å². The summed E-state index contributed by atoms with van der Waals surface area (Å²) in [6, 6.07) is 1.47. The predicted octanol–water partition coefficient (Wildman–Crippen LogP) is 2.82. The van der Waals surface area contributed by atoms with Crippen LogP contribution in [0.3, 0.4) is 0 Å². The molecule has 1 aromatic rings. The Balaban J connectivity index is 2.52. The maximum atomic E-state index is 11.7. The Hall–Kier alpha value is -2.47. The number of allylic oxidation sites excluding steroid dienone is 2. The molecule has 21 heavy (non-hydrogen) atoms. The van der Waals surface area contributed by atoms with E-state index in [-0.39, 0.29) is 41.1 Å². The molecule has 0 bridgehead atoms. The van der Waals surface area contributed by atoms with Crippen molar-refractivity contribution in [1.29, 1.82) is 0 Å². The molecule has 1 aromatic carbocycles. The molecule has 6 nitrogen and oxygen atoms in total. The zero-order valence-corrected chi connectivity index (χ0v) is 11.8. The van der Waals surface area contributed by atoms with Gasteiger partial charge in [-0.1, -0.05) is 11.6 Å². The minimum atomic E-state index is -0.350. The lowest BCUT2D eigenvalue weighted by Gasteiger charge is -2.13. The Bertz CT molecular complexity index is 626. The Kier molecular flexibility index (Phi) is 4.18. The van der Waals surface area contributed by atoms with Crippen LogP contribution in [0, 0.1) is 0 Å². The van der Waals surface area contributed by atoms with E-state index in [0.717, 1.165) is 5.57 Å². The molecule has 1 aliphatic rings. The molecule has 0 fully saturated rings. The Labute approximate surface area is 121 Å². The first-order valence-electron chi connectivity index (χ1n) is 6.30. The van der Waals surface area contributed by atoms with E-state index in [1.54, 1.807) is 0 Å². The fraction of sp³-hybridized carbons (Fsp3) is 0.267. The summed E-state index contributed by atoms with van der Waals surface area (Å²) >= 11 is 0. The predicted molar refractivity (Wildman–Crippen MR) is 74.5 cm³/mol. The summed E-state index contributed by atoms with van der Waals surface area (Å²) in [5.41, 5.74) is 1.59. The Morgan fingerprint density at radius 1 is 1.52 bits per heavy atom. The topological polar surface area (TPSA) is 85.2 Å². The van der Waals surface area contributed by atoms with Gasteiger partial charge in [0.25, 0.3) is 0 Å². The van der Waals surface area contributed by atoms with Crippen molar-refractivity contribution in [2.45, 2.75) is 20.3 Å². The van der Waals surface area contributed by atoms with E-state index in [1.165, 1.54) is 6.07 Å². The molecule has 0 atom stereocenters. The van der Waals surface area contributed by atoms with Crippen LogP contribution < -0.4 is 9.47 Å². The number of ketones is 1. The average molecular weight is 292 g/mol. The summed E-state index contributed by atoms with van der Waals surface area (Å²) in [6.07, 6.45) is 2.22. The van der Waals surface area contributed by atoms with Gasteiger partial charge in [-0.15, -0.1) is 0 Å². The van der Waals surface area contributed by atoms with Crippen LogP contribution in [0.25, 0.3) is 0 Å². The second-order valence-electron chi connectivity index (χ2n) is 4.84. The van der Waals surface area contributed by atoms with Gasteiger partial charge in [-0.25, -0.2) is 0 Å². The quantitative estimate of drug-likeness (QED) is 0.376. The molecule has 0 radical (unpaired) electrons. The highest BCUT2D eigenvalue weighted by Crippen LogP contribution is 2.42. The average Bonchev–Trinajstić information content (AvgIpc) is 2.79. The number of hydrogen-bond donors (Lipinski definition) is 2. The molecule has 0 saturated heterocycles. The third-order valence-electron chi connectivity index (χ3n) is 3.01. The number of phenols is 1. The fourth-order valence-electron chi connectivity index (χ4n) is 2.00. The molecule has 112 valence electrons. The van der Waals surface area contributed by atoms with Crippen LogP contribution in [0.4, 0.5) is 0 Å². The van der Waals surface area contributed by atoms with Crippen LogP contribution in [0.1, 0.15) is 29.8 Å². The van der Waals surface area contributed by atoms with Crippen molar-refractivity contribution in [2.24, 2.45) is 0 Å². The van der Waals surface area contributed by atoms with Crippen molar-refractivity contribution >= 4 is 5.78 Å². The maximum absolute atomic E-state index is 11.7.